The van der Waals surface area contributed by atoms with E-state index >= 15 is 0 Å². The summed E-state index contributed by atoms with van der Waals surface area (Å²) >= 11 is 0. The number of hydrogen-bond acceptors (Lipinski definition) is 3. The summed E-state index contributed by atoms with van der Waals surface area (Å²) in [6.45, 7) is 9.27. The smallest absolute Gasteiger partial charge is 0.236 e. The minimum absolute atomic E-state index is 0.0512. The molecule has 1 N–H and O–H groups in total. The minimum atomic E-state index is -0.658. The van der Waals surface area contributed by atoms with E-state index in [0.29, 0.717) is 31.3 Å². The molecule has 0 bridgehead atoms. The molecule has 0 aliphatic heterocycles. The first-order chi connectivity index (χ1) is 11.8. The second-order valence-electron chi connectivity index (χ2n) is 8.20. The third-order valence-electron chi connectivity index (χ3n) is 4.75. The molecule has 0 heterocycles. The van der Waals surface area contributed by atoms with Crippen molar-refractivity contribution in [2.24, 2.45) is 23.7 Å². The average Bonchev–Trinajstić information content (AvgIpc) is 2.57. The SMILES string of the molecule is CC(C)CNC(=O)C(CC1CCCCC1)C(=O)N(CC#N)CC(C)C. The van der Waals surface area contributed by atoms with Crippen LogP contribution in [0.2, 0.25) is 0 Å². The molecular formula is C20H35N3O2. The largest absolute Gasteiger partial charge is 0.355 e. The lowest BCUT2D eigenvalue weighted by atomic mass is 9.82. The average molecular weight is 350 g/mol. The van der Waals surface area contributed by atoms with Crippen molar-refractivity contribution in [3.8, 4) is 6.07 Å². The number of carbonyl (C=O) groups is 2. The topological polar surface area (TPSA) is 73.2 Å². The first-order valence-corrected chi connectivity index (χ1v) is 9.78. The van der Waals surface area contributed by atoms with E-state index in [0.717, 1.165) is 12.8 Å². The predicted octanol–water partition coefficient (Wildman–Crippen LogP) is 3.35. The van der Waals surface area contributed by atoms with Crippen molar-refractivity contribution in [1.82, 2.24) is 10.2 Å². The van der Waals surface area contributed by atoms with Crippen LogP contribution in [0.1, 0.15) is 66.2 Å². The first kappa shape index (κ1) is 21.5. The molecule has 1 aliphatic rings. The van der Waals surface area contributed by atoms with Gasteiger partial charge in [-0.05, 0) is 24.2 Å². The van der Waals surface area contributed by atoms with Gasteiger partial charge in [-0.15, -0.1) is 0 Å². The van der Waals surface area contributed by atoms with Crippen molar-refractivity contribution < 1.29 is 9.59 Å². The van der Waals surface area contributed by atoms with Crippen molar-refractivity contribution in [2.75, 3.05) is 19.6 Å². The fourth-order valence-electron chi connectivity index (χ4n) is 3.48. The van der Waals surface area contributed by atoms with Gasteiger partial charge in [0.2, 0.25) is 11.8 Å². The van der Waals surface area contributed by atoms with E-state index in [-0.39, 0.29) is 24.3 Å². The Labute approximate surface area is 153 Å². The van der Waals surface area contributed by atoms with Crippen molar-refractivity contribution >= 4 is 11.8 Å². The quantitative estimate of drug-likeness (QED) is 0.512. The summed E-state index contributed by atoms with van der Waals surface area (Å²) in [5.74, 6) is 0.0501. The van der Waals surface area contributed by atoms with Crippen LogP contribution in [-0.2, 0) is 9.59 Å². The lowest BCUT2D eigenvalue weighted by Gasteiger charge is -2.30. The highest BCUT2D eigenvalue weighted by atomic mass is 16.2. The maximum atomic E-state index is 13.0. The van der Waals surface area contributed by atoms with Crippen LogP contribution in [-0.4, -0.2) is 36.3 Å². The summed E-state index contributed by atoms with van der Waals surface area (Å²) in [5, 5.41) is 12.0. The summed E-state index contributed by atoms with van der Waals surface area (Å²) in [5.41, 5.74) is 0. The highest BCUT2D eigenvalue weighted by Crippen LogP contribution is 2.30. The third-order valence-corrected chi connectivity index (χ3v) is 4.75. The van der Waals surface area contributed by atoms with Crippen molar-refractivity contribution in [3.63, 3.8) is 0 Å². The fourth-order valence-corrected chi connectivity index (χ4v) is 3.48. The molecular weight excluding hydrogens is 314 g/mol. The van der Waals surface area contributed by atoms with E-state index in [1.54, 1.807) is 4.90 Å². The molecule has 5 heteroatoms. The normalized spacial score (nSPS) is 16.5. The van der Waals surface area contributed by atoms with E-state index < -0.39 is 5.92 Å². The molecule has 0 spiro atoms. The van der Waals surface area contributed by atoms with Crippen LogP contribution in [0.4, 0.5) is 0 Å². The van der Waals surface area contributed by atoms with Gasteiger partial charge in [-0.3, -0.25) is 9.59 Å². The van der Waals surface area contributed by atoms with Crippen LogP contribution in [0, 0.1) is 35.0 Å². The number of carbonyl (C=O) groups excluding carboxylic acids is 2. The summed E-state index contributed by atoms with van der Waals surface area (Å²) in [4.78, 5) is 27.3. The van der Waals surface area contributed by atoms with E-state index in [9.17, 15) is 9.59 Å². The standard InChI is InChI=1S/C20H35N3O2/c1-15(2)13-22-19(24)18(12-17-8-6-5-7-9-17)20(25)23(11-10-21)14-16(3)4/h15-18H,5-9,11-14H2,1-4H3,(H,22,24). The third kappa shape index (κ3) is 7.90. The number of rotatable bonds is 9. The van der Waals surface area contributed by atoms with Gasteiger partial charge in [0.05, 0.1) is 6.07 Å². The molecule has 1 aliphatic carbocycles. The second kappa shape index (κ2) is 11.1. The van der Waals surface area contributed by atoms with Crippen molar-refractivity contribution in [3.05, 3.63) is 0 Å². The molecule has 0 aromatic heterocycles. The van der Waals surface area contributed by atoms with Gasteiger partial charge in [-0.25, -0.2) is 0 Å². The molecule has 1 rings (SSSR count). The predicted molar refractivity (Wildman–Crippen MR) is 99.6 cm³/mol. The Morgan fingerprint density at radius 1 is 1.12 bits per heavy atom. The fraction of sp³-hybridized carbons (Fsp3) is 0.850. The zero-order chi connectivity index (χ0) is 18.8. The van der Waals surface area contributed by atoms with Gasteiger partial charge < -0.3 is 10.2 Å². The molecule has 2 amide bonds. The van der Waals surface area contributed by atoms with Crippen LogP contribution >= 0.6 is 0 Å². The van der Waals surface area contributed by atoms with Gasteiger partial charge in [0.25, 0.3) is 0 Å². The number of nitrogens with one attached hydrogen (secondary N) is 1. The van der Waals surface area contributed by atoms with Gasteiger partial charge in [0, 0.05) is 13.1 Å². The van der Waals surface area contributed by atoms with Gasteiger partial charge in [-0.1, -0.05) is 59.8 Å². The minimum Gasteiger partial charge on any atom is -0.355 e. The maximum Gasteiger partial charge on any atom is 0.236 e. The zero-order valence-corrected chi connectivity index (χ0v) is 16.4. The van der Waals surface area contributed by atoms with E-state index in [1.165, 1.54) is 19.3 Å². The Balaban J connectivity index is 2.87. The second-order valence-corrected chi connectivity index (χ2v) is 8.20. The monoisotopic (exact) mass is 349 g/mol. The van der Waals surface area contributed by atoms with Crippen LogP contribution in [0.3, 0.4) is 0 Å². The molecule has 0 aromatic rings. The lowest BCUT2D eigenvalue weighted by molar-refractivity contribution is -0.143. The summed E-state index contributed by atoms with van der Waals surface area (Å²) in [7, 11) is 0. The van der Waals surface area contributed by atoms with Crippen molar-refractivity contribution in [1.29, 1.82) is 5.26 Å². The molecule has 1 unspecified atom stereocenters. The molecule has 25 heavy (non-hydrogen) atoms. The lowest BCUT2D eigenvalue weighted by Crippen LogP contribution is -2.46. The first-order valence-electron chi connectivity index (χ1n) is 9.78. The maximum absolute atomic E-state index is 13.0. The molecule has 0 saturated heterocycles. The van der Waals surface area contributed by atoms with Gasteiger partial charge in [0.1, 0.15) is 12.5 Å². The number of hydrogen-bond donors (Lipinski definition) is 1. The Morgan fingerprint density at radius 3 is 2.28 bits per heavy atom. The number of nitrogens with zero attached hydrogens (tertiary/aromatic N) is 2. The van der Waals surface area contributed by atoms with E-state index in [4.69, 9.17) is 5.26 Å². The highest BCUT2D eigenvalue weighted by molar-refractivity contribution is 6.00. The Bertz CT molecular complexity index is 462. The van der Waals surface area contributed by atoms with Crippen molar-refractivity contribution in [2.45, 2.75) is 66.2 Å². The summed E-state index contributed by atoms with van der Waals surface area (Å²) in [6, 6.07) is 2.08. The molecule has 1 fully saturated rings. The Morgan fingerprint density at radius 2 is 1.76 bits per heavy atom. The van der Waals surface area contributed by atoms with Crippen LogP contribution < -0.4 is 5.32 Å². The van der Waals surface area contributed by atoms with Crippen LogP contribution in [0.15, 0.2) is 0 Å². The summed E-state index contributed by atoms with van der Waals surface area (Å²) in [6.07, 6.45) is 6.44. The molecule has 5 nitrogen and oxygen atoms in total. The van der Waals surface area contributed by atoms with E-state index in [1.807, 2.05) is 27.7 Å². The molecule has 1 saturated carbocycles. The number of nitriles is 1. The zero-order valence-electron chi connectivity index (χ0n) is 16.4. The highest BCUT2D eigenvalue weighted by Gasteiger charge is 2.33. The van der Waals surface area contributed by atoms with Crippen LogP contribution in [0.25, 0.3) is 0 Å². The summed E-state index contributed by atoms with van der Waals surface area (Å²) < 4.78 is 0. The molecule has 0 radical (unpaired) electrons. The van der Waals surface area contributed by atoms with Gasteiger partial charge in [0.15, 0.2) is 0 Å². The van der Waals surface area contributed by atoms with Gasteiger partial charge in [-0.2, -0.15) is 5.26 Å². The molecule has 142 valence electrons. The Kier molecular flexibility index (Phi) is 9.55. The molecule has 1 atom stereocenters. The molecule has 0 aromatic carbocycles. The van der Waals surface area contributed by atoms with E-state index in [2.05, 4.69) is 11.4 Å². The number of amides is 2. The van der Waals surface area contributed by atoms with Gasteiger partial charge >= 0.3 is 0 Å². The Hall–Kier alpha value is -1.57. The van der Waals surface area contributed by atoms with Crippen LogP contribution in [0.5, 0.6) is 0 Å².